The topological polar surface area (TPSA) is 3.88 Å². The molecule has 0 unspecified atom stereocenters. The molecule has 3 aromatic carbocycles. The molecule has 5 rings (SSSR count). The van der Waals surface area contributed by atoms with Crippen LogP contribution in [-0.4, -0.2) is 0 Å². The molecule has 1 nitrogen and oxygen atoms in total. The highest BCUT2D eigenvalue weighted by atomic mass is 35.5. The Balaban J connectivity index is 0.00000304. The van der Waals surface area contributed by atoms with Crippen LogP contribution in [0.25, 0.3) is 27.9 Å². The standard InChI is InChI=1S/C33H38NS.ClH/c1-32(2,3)25-14-9-12-23(20-25)27-16-11-17-28(24-13-10-15-26(21-24)33(4,5)6)31(27)34-22-35-30-19-8-7-18-29(30)34;/h9-17,20-22H,7-8,18-19H2,1-6H3;1H/q+1;/p-1. The number of aryl methyl sites for hydroxylation is 1. The van der Waals surface area contributed by atoms with E-state index in [4.69, 9.17) is 0 Å². The third-order valence-electron chi connectivity index (χ3n) is 7.34. The second-order valence-electron chi connectivity index (χ2n) is 12.0. The summed E-state index contributed by atoms with van der Waals surface area (Å²) < 4.78 is 2.53. The number of aromatic nitrogens is 1. The lowest BCUT2D eigenvalue weighted by Crippen LogP contribution is -3.00. The number of hydrogen-bond donors (Lipinski definition) is 0. The summed E-state index contributed by atoms with van der Waals surface area (Å²) in [7, 11) is 0. The van der Waals surface area contributed by atoms with Crippen molar-refractivity contribution >= 4 is 11.3 Å². The van der Waals surface area contributed by atoms with E-state index in [-0.39, 0.29) is 23.2 Å². The van der Waals surface area contributed by atoms with E-state index >= 15 is 0 Å². The summed E-state index contributed by atoms with van der Waals surface area (Å²) in [5, 5.41) is 0. The second-order valence-corrected chi connectivity index (χ2v) is 13.0. The number of thiazole rings is 1. The summed E-state index contributed by atoms with van der Waals surface area (Å²) >= 11 is 1.93. The van der Waals surface area contributed by atoms with E-state index in [0.717, 1.165) is 6.42 Å². The highest BCUT2D eigenvalue weighted by Crippen LogP contribution is 2.37. The van der Waals surface area contributed by atoms with E-state index in [2.05, 4.69) is 118 Å². The fourth-order valence-corrected chi connectivity index (χ4v) is 6.25. The molecule has 36 heavy (non-hydrogen) atoms. The molecule has 0 saturated heterocycles. The molecule has 4 aromatic rings. The average Bonchev–Trinajstić information content (AvgIpc) is 3.26. The zero-order chi connectivity index (χ0) is 24.8. The zero-order valence-corrected chi connectivity index (χ0v) is 24.1. The molecule has 0 bridgehead atoms. The Morgan fingerprint density at radius 3 is 1.69 bits per heavy atom. The van der Waals surface area contributed by atoms with Crippen molar-refractivity contribution in [2.24, 2.45) is 0 Å². The highest BCUT2D eigenvalue weighted by Gasteiger charge is 2.30. The van der Waals surface area contributed by atoms with Crippen molar-refractivity contribution in [2.75, 3.05) is 0 Å². The van der Waals surface area contributed by atoms with E-state index in [1.807, 2.05) is 11.3 Å². The molecule has 0 amide bonds. The van der Waals surface area contributed by atoms with Crippen LogP contribution in [0.3, 0.4) is 0 Å². The molecule has 0 N–H and O–H groups in total. The smallest absolute Gasteiger partial charge is 0.231 e. The van der Waals surface area contributed by atoms with Gasteiger partial charge in [0.2, 0.25) is 16.9 Å². The minimum Gasteiger partial charge on any atom is -1.00 e. The molecule has 0 saturated carbocycles. The fraction of sp³-hybridized carbons (Fsp3) is 0.364. The van der Waals surface area contributed by atoms with Gasteiger partial charge in [-0.25, -0.2) is 0 Å². The van der Waals surface area contributed by atoms with Crippen LogP contribution < -0.4 is 17.0 Å². The zero-order valence-electron chi connectivity index (χ0n) is 22.5. The number of para-hydroxylation sites is 1. The summed E-state index contributed by atoms with van der Waals surface area (Å²) in [6.07, 6.45) is 4.96. The molecular weight excluding hydrogens is 478 g/mol. The van der Waals surface area contributed by atoms with Crippen LogP contribution in [0.2, 0.25) is 0 Å². The van der Waals surface area contributed by atoms with Gasteiger partial charge in [0.05, 0.1) is 16.0 Å². The van der Waals surface area contributed by atoms with Crippen LogP contribution in [0.15, 0.2) is 72.2 Å². The van der Waals surface area contributed by atoms with E-state index in [9.17, 15) is 0 Å². The van der Waals surface area contributed by atoms with Gasteiger partial charge < -0.3 is 12.4 Å². The van der Waals surface area contributed by atoms with Crippen molar-refractivity contribution in [2.45, 2.75) is 78.1 Å². The van der Waals surface area contributed by atoms with Crippen LogP contribution in [-0.2, 0) is 23.7 Å². The first kappa shape index (κ1) is 26.6. The van der Waals surface area contributed by atoms with Gasteiger partial charge in [-0.15, -0.1) is 0 Å². The van der Waals surface area contributed by atoms with Crippen LogP contribution in [0.4, 0.5) is 0 Å². The van der Waals surface area contributed by atoms with Gasteiger partial charge in [-0.2, -0.15) is 4.57 Å². The second kappa shape index (κ2) is 10.1. The summed E-state index contributed by atoms with van der Waals surface area (Å²) in [6.45, 7) is 13.8. The third kappa shape index (κ3) is 5.17. The number of fused-ring (bicyclic) bond motifs is 1. The Labute approximate surface area is 227 Å². The van der Waals surface area contributed by atoms with Crippen molar-refractivity contribution in [1.82, 2.24) is 0 Å². The number of halogens is 1. The molecule has 1 aliphatic carbocycles. The molecule has 3 heteroatoms. The molecular formula is C33H38ClNS. The Hall–Kier alpha value is -2.42. The van der Waals surface area contributed by atoms with Crippen molar-refractivity contribution in [3.05, 3.63) is 93.9 Å². The van der Waals surface area contributed by atoms with Gasteiger partial charge in [0.15, 0.2) is 0 Å². The first-order valence-corrected chi connectivity index (χ1v) is 13.9. The Morgan fingerprint density at radius 2 is 1.17 bits per heavy atom. The average molecular weight is 516 g/mol. The number of rotatable bonds is 3. The molecule has 0 atom stereocenters. The molecule has 0 fully saturated rings. The molecule has 0 aliphatic heterocycles. The predicted octanol–water partition coefficient (Wildman–Crippen LogP) is 5.84. The summed E-state index contributed by atoms with van der Waals surface area (Å²) in [5.74, 6) is 0. The maximum atomic E-state index is 2.53. The lowest BCUT2D eigenvalue weighted by molar-refractivity contribution is -0.598. The number of nitrogens with zero attached hydrogens (tertiary/aromatic N) is 1. The van der Waals surface area contributed by atoms with Gasteiger partial charge in [0, 0.05) is 6.42 Å². The van der Waals surface area contributed by atoms with Crippen molar-refractivity contribution in [3.63, 3.8) is 0 Å². The van der Waals surface area contributed by atoms with Crippen molar-refractivity contribution in [1.29, 1.82) is 0 Å². The third-order valence-corrected chi connectivity index (χ3v) is 8.38. The summed E-state index contributed by atoms with van der Waals surface area (Å²) in [6, 6.07) is 25.2. The molecule has 0 radical (unpaired) electrons. The molecule has 1 aliphatic rings. The van der Waals surface area contributed by atoms with E-state index in [0.29, 0.717) is 0 Å². The normalized spacial score (nSPS) is 13.7. The Morgan fingerprint density at radius 1 is 0.667 bits per heavy atom. The number of hydrogen-bond acceptors (Lipinski definition) is 1. The maximum absolute atomic E-state index is 2.53. The highest BCUT2D eigenvalue weighted by molar-refractivity contribution is 7.09. The summed E-state index contributed by atoms with van der Waals surface area (Å²) in [4.78, 5) is 1.56. The van der Waals surface area contributed by atoms with E-state index < -0.39 is 0 Å². The molecule has 188 valence electrons. The largest absolute Gasteiger partial charge is 1.00 e. The van der Waals surface area contributed by atoms with Gasteiger partial charge in [0.25, 0.3) is 0 Å². The van der Waals surface area contributed by atoms with Gasteiger partial charge in [-0.3, -0.25) is 0 Å². The quantitative estimate of drug-likeness (QED) is 0.302. The van der Waals surface area contributed by atoms with Crippen molar-refractivity contribution < 1.29 is 17.0 Å². The van der Waals surface area contributed by atoms with E-state index in [1.54, 1.807) is 4.88 Å². The lowest BCUT2D eigenvalue weighted by Gasteiger charge is -2.21. The first-order chi connectivity index (χ1) is 16.6. The summed E-state index contributed by atoms with van der Waals surface area (Å²) in [5.41, 5.74) is 13.4. The molecule has 0 spiro atoms. The molecule has 1 heterocycles. The lowest BCUT2D eigenvalue weighted by atomic mass is 9.84. The Bertz CT molecular complexity index is 1290. The predicted molar refractivity (Wildman–Crippen MR) is 151 cm³/mol. The minimum atomic E-state index is 0. The number of benzene rings is 3. The molecule has 1 aromatic heterocycles. The van der Waals surface area contributed by atoms with Gasteiger partial charge in [-0.1, -0.05) is 107 Å². The Kier molecular flexibility index (Phi) is 7.51. The monoisotopic (exact) mass is 515 g/mol. The van der Waals surface area contributed by atoms with Crippen LogP contribution in [0, 0.1) is 0 Å². The van der Waals surface area contributed by atoms with Crippen molar-refractivity contribution in [3.8, 4) is 27.9 Å². The van der Waals surface area contributed by atoms with Crippen LogP contribution in [0.1, 0.15) is 76.1 Å². The van der Waals surface area contributed by atoms with E-state index in [1.165, 1.54) is 64.0 Å². The minimum absolute atomic E-state index is 0. The van der Waals surface area contributed by atoms with Gasteiger partial charge in [-0.05, 0) is 64.5 Å². The first-order valence-electron chi connectivity index (χ1n) is 13.0. The van der Waals surface area contributed by atoms with Crippen LogP contribution >= 0.6 is 11.3 Å². The SMILES string of the molecule is CC(C)(C)c1cccc(-c2cccc(-c3cccc(C(C)(C)C)c3)c2-[n+]2csc3c2CCCC3)c1.[Cl-]. The van der Waals surface area contributed by atoms with Crippen LogP contribution in [0.5, 0.6) is 0 Å². The van der Waals surface area contributed by atoms with Gasteiger partial charge in [0.1, 0.15) is 0 Å². The fourth-order valence-electron chi connectivity index (χ4n) is 5.19. The van der Waals surface area contributed by atoms with Gasteiger partial charge >= 0.3 is 0 Å². The maximum Gasteiger partial charge on any atom is 0.231 e.